The molecule has 5 rings (SSSR count). The van der Waals surface area contributed by atoms with Crippen LogP contribution in [0.15, 0.2) is 36.7 Å². The zero-order valence-corrected chi connectivity index (χ0v) is 14.8. The molecule has 138 valence electrons. The van der Waals surface area contributed by atoms with Crippen LogP contribution in [-0.2, 0) is 11.3 Å². The minimum atomic E-state index is -0.100. The second-order valence-corrected chi connectivity index (χ2v) is 7.25. The molecule has 27 heavy (non-hydrogen) atoms. The molecule has 2 atom stereocenters. The lowest BCUT2D eigenvalue weighted by Crippen LogP contribution is -2.42. The molecule has 3 aromatic rings. The SMILES string of the molecule is O=C1C[C@H]2CC[C@@H](CN1)N2C(=O)c1cc(Cn2cnc3ccccc32)[nH]n1. The summed E-state index contributed by atoms with van der Waals surface area (Å²) >= 11 is 0. The monoisotopic (exact) mass is 364 g/mol. The van der Waals surface area contributed by atoms with Crippen LogP contribution in [0, 0.1) is 0 Å². The third kappa shape index (κ3) is 2.77. The zero-order valence-electron chi connectivity index (χ0n) is 14.8. The van der Waals surface area contributed by atoms with Gasteiger partial charge in [0, 0.05) is 25.0 Å². The highest BCUT2D eigenvalue weighted by Crippen LogP contribution is 2.29. The first kappa shape index (κ1) is 16.0. The number of imidazole rings is 1. The van der Waals surface area contributed by atoms with Gasteiger partial charge in [0.1, 0.15) is 5.69 Å². The molecule has 4 heterocycles. The molecule has 2 fully saturated rings. The Bertz CT molecular complexity index is 1020. The van der Waals surface area contributed by atoms with Crippen molar-refractivity contribution in [2.24, 2.45) is 0 Å². The molecule has 8 heteroatoms. The van der Waals surface area contributed by atoms with Gasteiger partial charge in [0.2, 0.25) is 5.91 Å². The smallest absolute Gasteiger partial charge is 0.274 e. The van der Waals surface area contributed by atoms with E-state index in [-0.39, 0.29) is 23.9 Å². The van der Waals surface area contributed by atoms with Crippen molar-refractivity contribution < 1.29 is 9.59 Å². The summed E-state index contributed by atoms with van der Waals surface area (Å²) in [5.74, 6) is -0.0771. The van der Waals surface area contributed by atoms with Gasteiger partial charge in [-0.1, -0.05) is 12.1 Å². The summed E-state index contributed by atoms with van der Waals surface area (Å²) in [5, 5.41) is 10.1. The van der Waals surface area contributed by atoms with Crippen LogP contribution in [-0.4, -0.2) is 55.1 Å². The lowest BCUT2D eigenvalue weighted by atomic mass is 10.1. The third-order valence-corrected chi connectivity index (χ3v) is 5.53. The number of hydrogen-bond acceptors (Lipinski definition) is 4. The number of nitrogens with one attached hydrogen (secondary N) is 2. The quantitative estimate of drug-likeness (QED) is 0.732. The summed E-state index contributed by atoms with van der Waals surface area (Å²) in [7, 11) is 0. The normalized spacial score (nSPS) is 22.1. The summed E-state index contributed by atoms with van der Waals surface area (Å²) in [6, 6.07) is 9.77. The van der Waals surface area contributed by atoms with Crippen LogP contribution in [0.5, 0.6) is 0 Å². The van der Waals surface area contributed by atoms with Crippen molar-refractivity contribution in [3.63, 3.8) is 0 Å². The number of amides is 2. The fourth-order valence-electron chi connectivity index (χ4n) is 4.22. The first-order chi connectivity index (χ1) is 13.2. The minimum Gasteiger partial charge on any atom is -0.354 e. The Hall–Kier alpha value is -3.16. The Balaban J connectivity index is 1.37. The number of H-pyrrole nitrogens is 1. The number of carbonyl (C=O) groups excluding carboxylic acids is 2. The van der Waals surface area contributed by atoms with Crippen LogP contribution in [0.2, 0.25) is 0 Å². The lowest BCUT2D eigenvalue weighted by molar-refractivity contribution is -0.121. The van der Waals surface area contributed by atoms with E-state index in [9.17, 15) is 9.59 Å². The summed E-state index contributed by atoms with van der Waals surface area (Å²) in [6.07, 6.45) is 3.97. The van der Waals surface area contributed by atoms with E-state index < -0.39 is 0 Å². The van der Waals surface area contributed by atoms with Gasteiger partial charge in [-0.25, -0.2) is 4.98 Å². The van der Waals surface area contributed by atoms with Crippen LogP contribution >= 0.6 is 0 Å². The van der Waals surface area contributed by atoms with E-state index in [1.54, 1.807) is 12.4 Å². The predicted octanol–water partition coefficient (Wildman–Crippen LogP) is 1.30. The van der Waals surface area contributed by atoms with Gasteiger partial charge < -0.3 is 14.8 Å². The Morgan fingerprint density at radius 2 is 2.07 bits per heavy atom. The van der Waals surface area contributed by atoms with Gasteiger partial charge in [-0.05, 0) is 31.0 Å². The first-order valence-electron chi connectivity index (χ1n) is 9.22. The van der Waals surface area contributed by atoms with Crippen molar-refractivity contribution in [1.82, 2.24) is 30.0 Å². The second kappa shape index (κ2) is 6.22. The van der Waals surface area contributed by atoms with E-state index in [0.29, 0.717) is 25.2 Å². The maximum Gasteiger partial charge on any atom is 0.274 e. The number of fused-ring (bicyclic) bond motifs is 3. The van der Waals surface area contributed by atoms with Crippen LogP contribution in [0.4, 0.5) is 0 Å². The zero-order chi connectivity index (χ0) is 18.4. The Labute approximate surface area is 155 Å². The van der Waals surface area contributed by atoms with Crippen LogP contribution in [0.1, 0.15) is 35.4 Å². The van der Waals surface area contributed by atoms with Crippen molar-refractivity contribution in [1.29, 1.82) is 0 Å². The largest absolute Gasteiger partial charge is 0.354 e. The predicted molar refractivity (Wildman–Crippen MR) is 98.0 cm³/mol. The summed E-state index contributed by atoms with van der Waals surface area (Å²) in [6.45, 7) is 1.09. The number of hydrogen-bond donors (Lipinski definition) is 2. The highest BCUT2D eigenvalue weighted by atomic mass is 16.2. The van der Waals surface area contributed by atoms with Crippen molar-refractivity contribution in [3.8, 4) is 0 Å². The molecule has 2 aliphatic heterocycles. The molecule has 0 radical (unpaired) electrons. The molecule has 2 saturated heterocycles. The Morgan fingerprint density at radius 1 is 1.22 bits per heavy atom. The maximum absolute atomic E-state index is 13.0. The van der Waals surface area contributed by atoms with E-state index in [1.807, 2.05) is 33.7 Å². The minimum absolute atomic E-state index is 0.0229. The van der Waals surface area contributed by atoms with Gasteiger partial charge in [-0.15, -0.1) is 0 Å². The first-order valence-corrected chi connectivity index (χ1v) is 9.22. The number of aromatic nitrogens is 4. The van der Waals surface area contributed by atoms with E-state index in [2.05, 4.69) is 20.5 Å². The van der Waals surface area contributed by atoms with Gasteiger partial charge in [0.05, 0.1) is 29.6 Å². The Kier molecular flexibility index (Phi) is 3.70. The molecule has 1 aromatic carbocycles. The van der Waals surface area contributed by atoms with Gasteiger partial charge in [-0.2, -0.15) is 5.10 Å². The average Bonchev–Trinajstić information content (AvgIpc) is 3.36. The number of aromatic amines is 1. The molecule has 0 aliphatic carbocycles. The topological polar surface area (TPSA) is 95.9 Å². The van der Waals surface area contributed by atoms with Gasteiger partial charge >= 0.3 is 0 Å². The molecule has 2 bridgehead atoms. The molecule has 0 unspecified atom stereocenters. The van der Waals surface area contributed by atoms with E-state index >= 15 is 0 Å². The van der Waals surface area contributed by atoms with Crippen LogP contribution in [0.3, 0.4) is 0 Å². The molecule has 2 N–H and O–H groups in total. The fraction of sp³-hybridized carbons (Fsp3) is 0.368. The molecule has 2 aromatic heterocycles. The number of carbonyl (C=O) groups is 2. The van der Waals surface area contributed by atoms with Gasteiger partial charge in [0.25, 0.3) is 5.91 Å². The van der Waals surface area contributed by atoms with Crippen LogP contribution in [0.25, 0.3) is 11.0 Å². The van der Waals surface area contributed by atoms with Crippen LogP contribution < -0.4 is 5.32 Å². The number of benzene rings is 1. The second-order valence-electron chi connectivity index (χ2n) is 7.25. The average molecular weight is 364 g/mol. The molecule has 0 spiro atoms. The Morgan fingerprint density at radius 3 is 3.00 bits per heavy atom. The number of para-hydroxylation sites is 2. The van der Waals surface area contributed by atoms with Gasteiger partial charge in [0.15, 0.2) is 0 Å². The standard InChI is InChI=1S/C19H20N6O2/c26-18-8-13-5-6-14(9-20-18)25(13)19(27)16-7-12(22-23-16)10-24-11-21-15-3-1-2-4-17(15)24/h1-4,7,11,13-14H,5-6,8-10H2,(H,20,26)(H,22,23)/t13-,14+/m1/s1. The highest BCUT2D eigenvalue weighted by molar-refractivity contribution is 5.94. The molecular weight excluding hydrogens is 344 g/mol. The van der Waals surface area contributed by atoms with Crippen molar-refractivity contribution in [2.75, 3.05) is 6.54 Å². The number of rotatable bonds is 3. The summed E-state index contributed by atoms with van der Waals surface area (Å²) in [5.41, 5.74) is 3.22. The molecule has 8 nitrogen and oxygen atoms in total. The van der Waals surface area contributed by atoms with Crippen molar-refractivity contribution in [3.05, 3.63) is 48.0 Å². The fourth-order valence-corrected chi connectivity index (χ4v) is 4.22. The molecular formula is C19H20N6O2. The van der Waals surface area contributed by atoms with E-state index in [0.717, 1.165) is 29.6 Å². The highest BCUT2D eigenvalue weighted by Gasteiger charge is 2.41. The third-order valence-electron chi connectivity index (χ3n) is 5.53. The van der Waals surface area contributed by atoms with Gasteiger partial charge in [-0.3, -0.25) is 14.7 Å². The summed E-state index contributed by atoms with van der Waals surface area (Å²) < 4.78 is 2.02. The maximum atomic E-state index is 13.0. The molecule has 2 amide bonds. The van der Waals surface area contributed by atoms with E-state index in [1.165, 1.54) is 0 Å². The lowest BCUT2D eigenvalue weighted by Gasteiger charge is -2.26. The number of nitrogens with zero attached hydrogens (tertiary/aromatic N) is 4. The molecule has 0 saturated carbocycles. The van der Waals surface area contributed by atoms with Crippen molar-refractivity contribution >= 4 is 22.8 Å². The summed E-state index contributed by atoms with van der Waals surface area (Å²) in [4.78, 5) is 31.1. The molecule has 2 aliphatic rings. The van der Waals surface area contributed by atoms with E-state index in [4.69, 9.17) is 0 Å². The van der Waals surface area contributed by atoms with Crippen molar-refractivity contribution in [2.45, 2.75) is 37.9 Å².